The molecule has 206 valence electrons. The van der Waals surface area contributed by atoms with E-state index in [-0.39, 0.29) is 23.9 Å². The van der Waals surface area contributed by atoms with Gasteiger partial charge in [0, 0.05) is 40.9 Å². The monoisotopic (exact) mass is 573 g/mol. The highest BCUT2D eigenvalue weighted by Gasteiger charge is 2.42. The third-order valence-corrected chi connectivity index (χ3v) is 7.84. The first-order chi connectivity index (χ1) is 19.2. The Balaban J connectivity index is 1.62. The van der Waals surface area contributed by atoms with Crippen molar-refractivity contribution in [1.82, 2.24) is 14.9 Å². The summed E-state index contributed by atoms with van der Waals surface area (Å²) in [4.78, 5) is 19.1. The summed E-state index contributed by atoms with van der Waals surface area (Å²) in [5.74, 6) is 0.545. The molecular weight excluding hydrogens is 542 g/mol. The molecule has 2 N–H and O–H groups in total. The number of carbonyl (C=O) groups is 1. The molecule has 2 aromatic heterocycles. The molecular formula is C31H32ClN5O2S. The van der Waals surface area contributed by atoms with E-state index >= 15 is 0 Å². The van der Waals surface area contributed by atoms with Crippen molar-refractivity contribution < 1.29 is 9.53 Å². The summed E-state index contributed by atoms with van der Waals surface area (Å²) < 4.78 is 7.72. The fourth-order valence-corrected chi connectivity index (χ4v) is 5.78. The van der Waals surface area contributed by atoms with Crippen LogP contribution in [0.4, 0.5) is 11.4 Å². The molecule has 1 aliphatic rings. The second-order valence-corrected chi connectivity index (χ2v) is 11.0. The summed E-state index contributed by atoms with van der Waals surface area (Å²) in [6, 6.07) is 21.3. The lowest BCUT2D eigenvalue weighted by Crippen LogP contribution is -2.29. The molecule has 1 saturated heterocycles. The second-order valence-electron chi connectivity index (χ2n) is 10.2. The van der Waals surface area contributed by atoms with E-state index in [1.807, 2.05) is 68.4 Å². The summed E-state index contributed by atoms with van der Waals surface area (Å²) >= 11 is 12.6. The number of aromatic nitrogens is 2. The number of hydrogen-bond acceptors (Lipinski definition) is 4. The van der Waals surface area contributed by atoms with Crippen molar-refractivity contribution in [3.8, 4) is 11.4 Å². The molecule has 0 spiro atoms. The Morgan fingerprint density at radius 3 is 2.55 bits per heavy atom. The fourth-order valence-electron chi connectivity index (χ4n) is 5.22. The summed E-state index contributed by atoms with van der Waals surface area (Å²) in [6.07, 6.45) is 1.79. The maximum absolute atomic E-state index is 12.3. The van der Waals surface area contributed by atoms with Gasteiger partial charge in [-0.2, -0.15) is 0 Å². The van der Waals surface area contributed by atoms with Crippen LogP contribution in [-0.2, 0) is 4.79 Å². The molecule has 1 aliphatic heterocycles. The van der Waals surface area contributed by atoms with Gasteiger partial charge in [0.15, 0.2) is 5.11 Å². The van der Waals surface area contributed by atoms with Gasteiger partial charge in [0.25, 0.3) is 0 Å². The SMILES string of the molecule is COc1cccc(-n2c(C)cc([C@@H]3[C@H](c4ccccn4)NC(=S)N3c3ccc(NC(=O)C(C)C)c(Cl)c3)c2C)c1. The van der Waals surface area contributed by atoms with Crippen LogP contribution >= 0.6 is 23.8 Å². The van der Waals surface area contributed by atoms with Gasteiger partial charge in [0.2, 0.25) is 5.91 Å². The van der Waals surface area contributed by atoms with E-state index in [0.717, 1.165) is 39.8 Å². The number of aryl methyl sites for hydroxylation is 1. The van der Waals surface area contributed by atoms with Crippen molar-refractivity contribution in [3.05, 3.63) is 101 Å². The topological polar surface area (TPSA) is 71.4 Å². The minimum absolute atomic E-state index is 0.0916. The summed E-state index contributed by atoms with van der Waals surface area (Å²) in [6.45, 7) is 7.90. The van der Waals surface area contributed by atoms with Crippen molar-refractivity contribution in [3.63, 3.8) is 0 Å². The Hall–Kier alpha value is -3.88. The van der Waals surface area contributed by atoms with Crippen LogP contribution in [0, 0.1) is 19.8 Å². The average Bonchev–Trinajstić information content (AvgIpc) is 3.44. The number of amides is 1. The third-order valence-electron chi connectivity index (χ3n) is 7.21. The molecule has 7 nitrogen and oxygen atoms in total. The van der Waals surface area contributed by atoms with Crippen molar-refractivity contribution >= 4 is 46.2 Å². The van der Waals surface area contributed by atoms with E-state index in [1.54, 1.807) is 13.3 Å². The predicted octanol–water partition coefficient (Wildman–Crippen LogP) is 6.92. The fraction of sp³-hybridized carbons (Fsp3) is 0.258. The second kappa shape index (κ2) is 11.3. The largest absolute Gasteiger partial charge is 0.497 e. The van der Waals surface area contributed by atoms with E-state index in [0.29, 0.717) is 15.8 Å². The lowest BCUT2D eigenvalue weighted by Gasteiger charge is -2.28. The number of benzene rings is 2. The van der Waals surface area contributed by atoms with Crippen LogP contribution in [-0.4, -0.2) is 27.7 Å². The molecule has 3 heterocycles. The molecule has 1 fully saturated rings. The Kier molecular flexibility index (Phi) is 7.83. The van der Waals surface area contributed by atoms with Crippen LogP contribution in [0.25, 0.3) is 5.69 Å². The maximum Gasteiger partial charge on any atom is 0.226 e. The molecule has 1 amide bonds. The van der Waals surface area contributed by atoms with Gasteiger partial charge in [-0.3, -0.25) is 9.78 Å². The van der Waals surface area contributed by atoms with E-state index in [2.05, 4.69) is 51.1 Å². The quantitative estimate of drug-likeness (QED) is 0.234. The van der Waals surface area contributed by atoms with E-state index in [4.69, 9.17) is 28.6 Å². The standard InChI is InChI=1S/C31H32ClN5O2S/c1-18(2)30(38)34-26-13-12-22(17-25(26)32)37-29(28(35-31(37)40)27-11-6-7-14-33-27)24-15-19(3)36(20(24)4)21-9-8-10-23(16-21)39-5/h6-18,28-29H,1-5H3,(H,34,38)(H,35,40)/t28-,29+/m0/s1. The lowest BCUT2D eigenvalue weighted by molar-refractivity contribution is -0.118. The van der Waals surface area contributed by atoms with Crippen LogP contribution in [0.2, 0.25) is 5.02 Å². The van der Waals surface area contributed by atoms with E-state index in [1.165, 1.54) is 0 Å². The van der Waals surface area contributed by atoms with Gasteiger partial charge in [-0.1, -0.05) is 37.6 Å². The zero-order chi connectivity index (χ0) is 28.6. The van der Waals surface area contributed by atoms with Crippen LogP contribution < -0.4 is 20.3 Å². The Morgan fingerprint density at radius 1 is 1.07 bits per heavy atom. The first-order valence-electron chi connectivity index (χ1n) is 13.1. The van der Waals surface area contributed by atoms with Gasteiger partial charge < -0.3 is 24.8 Å². The zero-order valence-corrected chi connectivity index (χ0v) is 24.7. The highest BCUT2D eigenvalue weighted by Crippen LogP contribution is 2.44. The number of anilines is 2. The number of ether oxygens (including phenoxy) is 1. The Bertz CT molecular complexity index is 1570. The molecule has 9 heteroatoms. The van der Waals surface area contributed by atoms with Gasteiger partial charge in [-0.05, 0) is 80.2 Å². The molecule has 2 atom stereocenters. The number of methoxy groups -OCH3 is 1. The first kappa shape index (κ1) is 27.7. The van der Waals surface area contributed by atoms with Crippen LogP contribution in [0.3, 0.4) is 0 Å². The summed E-state index contributed by atoms with van der Waals surface area (Å²) in [5.41, 5.74) is 6.56. The molecule has 40 heavy (non-hydrogen) atoms. The summed E-state index contributed by atoms with van der Waals surface area (Å²) in [7, 11) is 1.67. The molecule has 0 radical (unpaired) electrons. The van der Waals surface area contributed by atoms with Crippen molar-refractivity contribution in [2.75, 3.05) is 17.3 Å². The van der Waals surface area contributed by atoms with Gasteiger partial charge in [-0.25, -0.2) is 0 Å². The number of halogens is 1. The highest BCUT2D eigenvalue weighted by molar-refractivity contribution is 7.80. The van der Waals surface area contributed by atoms with Crippen molar-refractivity contribution in [2.45, 2.75) is 39.8 Å². The lowest BCUT2D eigenvalue weighted by atomic mass is 9.96. The molecule has 5 rings (SSSR count). The number of hydrogen-bond donors (Lipinski definition) is 2. The zero-order valence-electron chi connectivity index (χ0n) is 23.1. The number of nitrogens with zero attached hydrogens (tertiary/aromatic N) is 3. The first-order valence-corrected chi connectivity index (χ1v) is 13.9. The summed E-state index contributed by atoms with van der Waals surface area (Å²) in [5, 5.41) is 7.43. The minimum atomic E-state index is -0.208. The number of thiocarbonyl (C=S) groups is 1. The minimum Gasteiger partial charge on any atom is -0.497 e. The van der Waals surface area contributed by atoms with Crippen LogP contribution in [0.1, 0.15) is 48.6 Å². The van der Waals surface area contributed by atoms with E-state index in [9.17, 15) is 4.79 Å². The highest BCUT2D eigenvalue weighted by atomic mass is 35.5. The maximum atomic E-state index is 12.3. The van der Waals surface area contributed by atoms with E-state index < -0.39 is 0 Å². The number of nitrogens with one attached hydrogen (secondary N) is 2. The number of pyridine rings is 1. The van der Waals surface area contributed by atoms with Crippen molar-refractivity contribution in [1.29, 1.82) is 0 Å². The molecule has 4 aromatic rings. The Labute approximate surface area is 245 Å². The van der Waals surface area contributed by atoms with Gasteiger partial charge in [-0.15, -0.1) is 0 Å². The van der Waals surface area contributed by atoms with Crippen LogP contribution in [0.5, 0.6) is 5.75 Å². The Morgan fingerprint density at radius 2 is 1.88 bits per heavy atom. The number of carbonyl (C=O) groups excluding carboxylic acids is 1. The molecule has 0 bridgehead atoms. The molecule has 0 aliphatic carbocycles. The van der Waals surface area contributed by atoms with Crippen LogP contribution in [0.15, 0.2) is 72.9 Å². The normalized spacial score (nSPS) is 16.8. The average molecular weight is 574 g/mol. The molecule has 2 aromatic carbocycles. The molecule has 0 saturated carbocycles. The van der Waals surface area contributed by atoms with Gasteiger partial charge in [0.1, 0.15) is 5.75 Å². The smallest absolute Gasteiger partial charge is 0.226 e. The van der Waals surface area contributed by atoms with Gasteiger partial charge in [0.05, 0.1) is 35.6 Å². The number of rotatable bonds is 7. The van der Waals surface area contributed by atoms with Gasteiger partial charge >= 0.3 is 0 Å². The third kappa shape index (κ3) is 5.17. The molecule has 0 unspecified atom stereocenters. The predicted molar refractivity (Wildman–Crippen MR) is 165 cm³/mol. The van der Waals surface area contributed by atoms with Crippen molar-refractivity contribution in [2.24, 2.45) is 5.92 Å².